The van der Waals surface area contributed by atoms with Gasteiger partial charge >= 0.3 is 0 Å². The molecular formula is C9H10ClN3O4S2. The average molecular weight is 324 g/mol. The molecule has 0 fully saturated rings. The Kier molecular flexibility index (Phi) is 5.25. The van der Waals surface area contributed by atoms with Crippen LogP contribution in [0.2, 0.25) is 4.34 Å². The van der Waals surface area contributed by atoms with Crippen molar-refractivity contribution in [2.45, 2.75) is 30.0 Å². The smallest absolute Gasteiger partial charge is 0.258 e. The van der Waals surface area contributed by atoms with Gasteiger partial charge in [-0.05, 0) is 6.42 Å². The number of rotatable bonds is 6. The molecule has 0 aromatic carbocycles. The fraction of sp³-hybridized carbons (Fsp3) is 0.444. The van der Waals surface area contributed by atoms with Crippen molar-refractivity contribution in [1.29, 1.82) is 5.26 Å². The Morgan fingerprint density at radius 2 is 2.32 bits per heavy atom. The number of nitrogens with zero attached hydrogens (tertiary/aromatic N) is 2. The third-order valence-electron chi connectivity index (χ3n) is 2.14. The molecule has 1 unspecified atom stereocenters. The molecule has 1 aromatic heterocycles. The van der Waals surface area contributed by atoms with Gasteiger partial charge in [0.2, 0.25) is 0 Å². The van der Waals surface area contributed by atoms with E-state index in [-0.39, 0.29) is 8.55 Å². The van der Waals surface area contributed by atoms with Crippen molar-refractivity contribution >= 4 is 38.6 Å². The number of thiophene rings is 1. The maximum atomic E-state index is 11.9. The lowest BCUT2D eigenvalue weighted by Gasteiger charge is -2.09. The van der Waals surface area contributed by atoms with Gasteiger partial charge in [0.25, 0.3) is 15.7 Å². The van der Waals surface area contributed by atoms with Gasteiger partial charge in [0, 0.05) is 6.07 Å². The van der Waals surface area contributed by atoms with Gasteiger partial charge in [0.15, 0.2) is 4.34 Å². The Balaban J connectivity index is 3.04. The van der Waals surface area contributed by atoms with Crippen molar-refractivity contribution in [2.24, 2.45) is 0 Å². The van der Waals surface area contributed by atoms with Crippen LogP contribution < -0.4 is 4.72 Å². The summed E-state index contributed by atoms with van der Waals surface area (Å²) in [7, 11) is -3.97. The van der Waals surface area contributed by atoms with Crippen LogP contribution in [0.1, 0.15) is 19.8 Å². The summed E-state index contributed by atoms with van der Waals surface area (Å²) in [6.07, 6.45) is 0.989. The number of sulfonamides is 1. The van der Waals surface area contributed by atoms with Gasteiger partial charge in [0.1, 0.15) is 10.3 Å². The quantitative estimate of drug-likeness (QED) is 0.637. The van der Waals surface area contributed by atoms with E-state index in [1.54, 1.807) is 0 Å². The average Bonchev–Trinajstić information content (AvgIpc) is 2.71. The van der Waals surface area contributed by atoms with Crippen LogP contribution in [-0.2, 0) is 10.0 Å². The minimum atomic E-state index is -3.97. The van der Waals surface area contributed by atoms with E-state index in [0.717, 1.165) is 6.07 Å². The van der Waals surface area contributed by atoms with Gasteiger partial charge in [-0.25, -0.2) is 8.42 Å². The molecule has 0 aliphatic heterocycles. The fourth-order valence-corrected chi connectivity index (χ4v) is 4.14. The molecular weight excluding hydrogens is 314 g/mol. The van der Waals surface area contributed by atoms with Crippen LogP contribution in [0, 0.1) is 21.4 Å². The van der Waals surface area contributed by atoms with E-state index in [9.17, 15) is 18.5 Å². The van der Waals surface area contributed by atoms with E-state index >= 15 is 0 Å². The Hall–Kier alpha value is -1.21. The van der Waals surface area contributed by atoms with Crippen LogP contribution in [0.4, 0.5) is 5.69 Å². The largest absolute Gasteiger partial charge is 0.300 e. The number of hydrogen-bond donors (Lipinski definition) is 1. The highest BCUT2D eigenvalue weighted by Gasteiger charge is 2.27. The normalized spacial score (nSPS) is 12.9. The van der Waals surface area contributed by atoms with E-state index in [4.69, 9.17) is 16.9 Å². The molecule has 0 aliphatic rings. The van der Waals surface area contributed by atoms with E-state index in [1.807, 2.05) is 13.0 Å². The van der Waals surface area contributed by atoms with Gasteiger partial charge in [0.05, 0.1) is 11.0 Å². The van der Waals surface area contributed by atoms with E-state index in [1.165, 1.54) is 0 Å². The highest BCUT2D eigenvalue weighted by molar-refractivity contribution is 7.91. The minimum Gasteiger partial charge on any atom is -0.258 e. The summed E-state index contributed by atoms with van der Waals surface area (Å²) in [6.45, 7) is 1.81. The Bertz CT molecular complexity index is 620. The molecule has 0 spiro atoms. The van der Waals surface area contributed by atoms with Gasteiger partial charge in [-0.15, -0.1) is 11.3 Å². The van der Waals surface area contributed by atoms with Crippen molar-refractivity contribution in [3.63, 3.8) is 0 Å². The molecule has 19 heavy (non-hydrogen) atoms. The summed E-state index contributed by atoms with van der Waals surface area (Å²) in [5.74, 6) is 0. The Morgan fingerprint density at radius 3 is 2.74 bits per heavy atom. The first-order chi connectivity index (χ1) is 8.81. The van der Waals surface area contributed by atoms with Crippen LogP contribution in [0.25, 0.3) is 0 Å². The van der Waals surface area contributed by atoms with Crippen molar-refractivity contribution in [2.75, 3.05) is 0 Å². The topological polar surface area (TPSA) is 113 Å². The number of halogens is 1. The number of nitro groups is 1. The monoisotopic (exact) mass is 323 g/mol. The van der Waals surface area contributed by atoms with Crippen molar-refractivity contribution < 1.29 is 13.3 Å². The summed E-state index contributed by atoms with van der Waals surface area (Å²) in [5, 5.41) is 19.4. The molecule has 0 bridgehead atoms. The second-order valence-electron chi connectivity index (χ2n) is 3.57. The van der Waals surface area contributed by atoms with Crippen LogP contribution in [-0.4, -0.2) is 19.4 Å². The molecule has 1 heterocycles. The fourth-order valence-electron chi connectivity index (χ4n) is 1.28. The molecule has 1 aromatic rings. The molecule has 104 valence electrons. The second-order valence-corrected chi connectivity index (χ2v) is 7.17. The first-order valence-corrected chi connectivity index (χ1v) is 7.85. The lowest BCUT2D eigenvalue weighted by molar-refractivity contribution is -0.384. The molecule has 0 radical (unpaired) electrons. The zero-order chi connectivity index (χ0) is 14.6. The van der Waals surface area contributed by atoms with Gasteiger partial charge in [-0.2, -0.15) is 9.98 Å². The first kappa shape index (κ1) is 15.8. The number of hydrogen-bond acceptors (Lipinski definition) is 6. The zero-order valence-electron chi connectivity index (χ0n) is 9.79. The van der Waals surface area contributed by atoms with Crippen LogP contribution in [0.15, 0.2) is 10.3 Å². The van der Waals surface area contributed by atoms with Gasteiger partial charge < -0.3 is 0 Å². The minimum absolute atomic E-state index is 0.214. The van der Waals surface area contributed by atoms with E-state index in [2.05, 4.69) is 4.72 Å². The highest BCUT2D eigenvalue weighted by atomic mass is 35.5. The standard InChI is InChI=1S/C9H10ClN3O4S2/c1-2-3-6(5-11)12-19(16,17)8-4-7(13(14)15)9(10)18-8/h4,6,12H,2-3H2,1H3. The van der Waals surface area contributed by atoms with Gasteiger partial charge in [-0.1, -0.05) is 24.9 Å². The third-order valence-corrected chi connectivity index (χ3v) is 5.42. The summed E-state index contributed by atoms with van der Waals surface area (Å²) >= 11 is 6.18. The zero-order valence-corrected chi connectivity index (χ0v) is 12.2. The molecule has 0 saturated carbocycles. The van der Waals surface area contributed by atoms with Crippen molar-refractivity contribution in [3.05, 3.63) is 20.5 Å². The molecule has 1 atom stereocenters. The van der Waals surface area contributed by atoms with Gasteiger partial charge in [-0.3, -0.25) is 10.1 Å². The maximum absolute atomic E-state index is 11.9. The third kappa shape index (κ3) is 3.87. The highest BCUT2D eigenvalue weighted by Crippen LogP contribution is 2.36. The molecule has 0 saturated heterocycles. The first-order valence-electron chi connectivity index (χ1n) is 5.17. The van der Waals surface area contributed by atoms with Crippen LogP contribution in [0.3, 0.4) is 0 Å². The van der Waals surface area contributed by atoms with E-state index < -0.39 is 26.7 Å². The predicted molar refractivity (Wildman–Crippen MR) is 70.6 cm³/mol. The number of nitriles is 1. The maximum Gasteiger partial charge on any atom is 0.300 e. The van der Waals surface area contributed by atoms with Crippen molar-refractivity contribution in [3.8, 4) is 6.07 Å². The molecule has 10 heteroatoms. The van der Waals surface area contributed by atoms with Crippen molar-refractivity contribution in [1.82, 2.24) is 4.72 Å². The summed E-state index contributed by atoms with van der Waals surface area (Å²) in [4.78, 5) is 9.84. The van der Waals surface area contributed by atoms with E-state index in [0.29, 0.717) is 24.2 Å². The SMILES string of the molecule is CCCC(C#N)NS(=O)(=O)c1cc([N+](=O)[O-])c(Cl)s1. The summed E-state index contributed by atoms with van der Waals surface area (Å²) < 4.78 is 25.6. The lowest BCUT2D eigenvalue weighted by atomic mass is 10.2. The molecule has 1 N–H and O–H groups in total. The Morgan fingerprint density at radius 1 is 1.68 bits per heavy atom. The summed E-state index contributed by atoms with van der Waals surface area (Å²) in [5.41, 5.74) is -0.462. The number of nitrogens with one attached hydrogen (secondary N) is 1. The molecule has 0 amide bonds. The second kappa shape index (κ2) is 6.29. The Labute approximate surface area is 119 Å². The summed E-state index contributed by atoms with van der Waals surface area (Å²) in [6, 6.07) is 1.84. The predicted octanol–water partition coefficient (Wildman–Crippen LogP) is 2.28. The van der Waals surface area contributed by atoms with Crippen LogP contribution in [0.5, 0.6) is 0 Å². The molecule has 7 nitrogen and oxygen atoms in total. The van der Waals surface area contributed by atoms with Crippen LogP contribution >= 0.6 is 22.9 Å². The molecule has 0 aliphatic carbocycles. The molecule has 1 rings (SSSR count). The lowest BCUT2D eigenvalue weighted by Crippen LogP contribution is -2.33.